The zero-order chi connectivity index (χ0) is 12.0. The van der Waals surface area contributed by atoms with E-state index in [4.69, 9.17) is 0 Å². The van der Waals surface area contributed by atoms with E-state index in [1.165, 1.54) is 4.74 Å². The molecule has 0 bridgehead atoms. The van der Waals surface area contributed by atoms with Crippen molar-refractivity contribution in [2.24, 2.45) is 5.41 Å². The molecule has 0 saturated carbocycles. The molecule has 1 aliphatic rings. The maximum atomic E-state index is 12.3. The first-order valence-corrected chi connectivity index (χ1v) is 5.75. The summed E-state index contributed by atoms with van der Waals surface area (Å²) in [6.07, 6.45) is 0.897. The van der Waals surface area contributed by atoms with E-state index < -0.39 is 0 Å². The van der Waals surface area contributed by atoms with Crippen LogP contribution in [0.15, 0.2) is 30.3 Å². The van der Waals surface area contributed by atoms with Gasteiger partial charge in [-0.1, -0.05) is 18.2 Å². The Morgan fingerprint density at radius 2 is 1.62 bits per heavy atom. The Morgan fingerprint density at radius 3 is 2.06 bits per heavy atom. The summed E-state index contributed by atoms with van der Waals surface area (Å²) in [4.78, 5) is 0. The van der Waals surface area contributed by atoms with Crippen molar-refractivity contribution in [1.29, 1.82) is 0 Å². The van der Waals surface area contributed by atoms with Gasteiger partial charge in [-0.3, -0.25) is 0 Å². The van der Waals surface area contributed by atoms with Gasteiger partial charge in [0.25, 0.3) is 0 Å². The van der Waals surface area contributed by atoms with E-state index in [-0.39, 0.29) is 11.0 Å². The van der Waals surface area contributed by atoms with Crippen molar-refractivity contribution in [3.63, 3.8) is 0 Å². The Balaban J connectivity index is 2.58. The summed E-state index contributed by atoms with van der Waals surface area (Å²) in [5.41, 5.74) is 1.62. The fourth-order valence-electron chi connectivity index (χ4n) is 2.92. The Kier molecular flexibility index (Phi) is 2.33. The lowest BCUT2D eigenvalue weighted by atomic mass is 9.79. The molecule has 0 unspecified atom stereocenters. The highest BCUT2D eigenvalue weighted by atomic mass is 16.5. The third-order valence-electron chi connectivity index (χ3n) is 3.32. The molecule has 86 valence electrons. The van der Waals surface area contributed by atoms with E-state index in [1.54, 1.807) is 0 Å². The molecule has 1 aromatic rings. The van der Waals surface area contributed by atoms with Crippen LogP contribution < -0.4 is 0 Å². The van der Waals surface area contributed by atoms with E-state index in [1.807, 2.05) is 44.2 Å². The summed E-state index contributed by atoms with van der Waals surface area (Å²) < 4.78 is 1.20. The van der Waals surface area contributed by atoms with Gasteiger partial charge in [0.05, 0.1) is 5.41 Å². The molecule has 0 saturated heterocycles. The Hall–Kier alpha value is -1.31. The Bertz CT molecular complexity index is 429. The van der Waals surface area contributed by atoms with Crippen molar-refractivity contribution < 1.29 is 4.74 Å². The van der Waals surface area contributed by atoms with Gasteiger partial charge in [0.15, 0.2) is 5.54 Å². The Morgan fingerprint density at radius 1 is 1.06 bits per heavy atom. The lowest BCUT2D eigenvalue weighted by Gasteiger charge is -2.18. The monoisotopic (exact) mass is 217 g/mol. The Labute approximate surface area is 97.2 Å². The molecule has 0 amide bonds. The fraction of sp³-hybridized carbons (Fsp3) is 0.500. The molecule has 0 aliphatic carbocycles. The van der Waals surface area contributed by atoms with Crippen LogP contribution in [-0.2, 0) is 0 Å². The van der Waals surface area contributed by atoms with E-state index in [0.29, 0.717) is 0 Å². The molecule has 1 heterocycles. The van der Waals surface area contributed by atoms with Gasteiger partial charge in [-0.15, -0.1) is 0 Å². The van der Waals surface area contributed by atoms with Crippen LogP contribution in [0.3, 0.4) is 0 Å². The van der Waals surface area contributed by atoms with Crippen molar-refractivity contribution >= 4 is 5.71 Å². The van der Waals surface area contributed by atoms with Crippen LogP contribution in [0.25, 0.3) is 0 Å². The van der Waals surface area contributed by atoms with Crippen molar-refractivity contribution in [3.05, 3.63) is 41.1 Å². The summed E-state index contributed by atoms with van der Waals surface area (Å²) in [6, 6.07) is 9.98. The zero-order valence-corrected chi connectivity index (χ0v) is 10.4. The largest absolute Gasteiger partial charge is 0.623 e. The number of benzene rings is 1. The average Bonchev–Trinajstić information content (AvgIpc) is 2.33. The molecule has 0 aromatic heterocycles. The molecular weight excluding hydrogens is 198 g/mol. The van der Waals surface area contributed by atoms with E-state index >= 15 is 0 Å². The van der Waals surface area contributed by atoms with Gasteiger partial charge in [-0.2, -0.15) is 0 Å². The van der Waals surface area contributed by atoms with Crippen LogP contribution in [-0.4, -0.2) is 16.0 Å². The van der Waals surface area contributed by atoms with Gasteiger partial charge in [-0.25, -0.2) is 4.74 Å². The first-order chi connectivity index (χ1) is 7.34. The average molecular weight is 217 g/mol. The SMILES string of the molecule is CC1(C)CC(C)(C)[N+]([O-])=C1c1ccccc1. The van der Waals surface area contributed by atoms with Crippen LogP contribution in [0.2, 0.25) is 0 Å². The minimum Gasteiger partial charge on any atom is -0.623 e. The molecule has 0 fully saturated rings. The number of hydrogen-bond acceptors (Lipinski definition) is 1. The van der Waals surface area contributed by atoms with Gasteiger partial charge in [0.2, 0.25) is 5.71 Å². The molecule has 0 radical (unpaired) electrons. The smallest absolute Gasteiger partial charge is 0.200 e. The van der Waals surface area contributed by atoms with Crippen molar-refractivity contribution in [3.8, 4) is 0 Å². The van der Waals surface area contributed by atoms with Gasteiger partial charge in [-0.05, 0) is 26.0 Å². The fourth-order valence-corrected chi connectivity index (χ4v) is 2.92. The van der Waals surface area contributed by atoms with Crippen molar-refractivity contribution in [1.82, 2.24) is 0 Å². The molecule has 2 nitrogen and oxygen atoms in total. The highest BCUT2D eigenvalue weighted by Crippen LogP contribution is 2.40. The molecule has 2 rings (SSSR count). The quantitative estimate of drug-likeness (QED) is 0.524. The summed E-state index contributed by atoms with van der Waals surface area (Å²) >= 11 is 0. The minimum absolute atomic E-state index is 0.0490. The van der Waals surface area contributed by atoms with Crippen molar-refractivity contribution in [2.45, 2.75) is 39.7 Å². The van der Waals surface area contributed by atoms with E-state index in [0.717, 1.165) is 17.7 Å². The summed E-state index contributed by atoms with van der Waals surface area (Å²) in [6.45, 7) is 8.32. The van der Waals surface area contributed by atoms with Gasteiger partial charge >= 0.3 is 0 Å². The second kappa shape index (κ2) is 3.34. The van der Waals surface area contributed by atoms with Gasteiger partial charge < -0.3 is 5.21 Å². The second-order valence-corrected chi connectivity index (χ2v) is 5.88. The summed E-state index contributed by atoms with van der Waals surface area (Å²) in [7, 11) is 0. The highest BCUT2D eigenvalue weighted by molar-refractivity contribution is 6.01. The highest BCUT2D eigenvalue weighted by Gasteiger charge is 2.49. The normalized spacial score (nSPS) is 22.5. The van der Waals surface area contributed by atoms with E-state index in [9.17, 15) is 5.21 Å². The molecule has 0 N–H and O–H groups in total. The predicted octanol–water partition coefficient (Wildman–Crippen LogP) is 3.19. The van der Waals surface area contributed by atoms with Crippen molar-refractivity contribution in [2.75, 3.05) is 0 Å². The molecule has 1 aromatic carbocycles. The molecular formula is C14H19NO. The molecule has 0 spiro atoms. The second-order valence-electron chi connectivity index (χ2n) is 5.88. The number of rotatable bonds is 1. The standard InChI is InChI=1S/C14H19NO/c1-13(2)10-14(3,4)15(16)12(13)11-8-6-5-7-9-11/h5-9H,10H2,1-4H3. The van der Waals surface area contributed by atoms with Gasteiger partial charge in [0.1, 0.15) is 0 Å². The topological polar surface area (TPSA) is 26.1 Å². The molecule has 1 aliphatic heterocycles. The number of hydrogen-bond donors (Lipinski definition) is 0. The summed E-state index contributed by atoms with van der Waals surface area (Å²) in [5.74, 6) is 0. The lowest BCUT2D eigenvalue weighted by Crippen LogP contribution is -2.29. The molecule has 16 heavy (non-hydrogen) atoms. The van der Waals surface area contributed by atoms with Crippen LogP contribution in [0.5, 0.6) is 0 Å². The summed E-state index contributed by atoms with van der Waals surface area (Å²) in [5, 5.41) is 12.3. The van der Waals surface area contributed by atoms with Gasteiger partial charge in [0, 0.05) is 25.8 Å². The van der Waals surface area contributed by atoms with E-state index in [2.05, 4.69) is 13.8 Å². The van der Waals surface area contributed by atoms with Crippen LogP contribution in [0.1, 0.15) is 39.7 Å². The lowest BCUT2D eigenvalue weighted by molar-refractivity contribution is -0.530. The number of hydroxylamine groups is 1. The first-order valence-electron chi connectivity index (χ1n) is 5.75. The minimum atomic E-state index is -0.297. The maximum Gasteiger partial charge on any atom is 0.200 e. The third kappa shape index (κ3) is 1.62. The molecule has 2 heteroatoms. The maximum absolute atomic E-state index is 12.3. The first kappa shape index (κ1) is 11.2. The van der Waals surface area contributed by atoms with Crippen LogP contribution in [0, 0.1) is 10.6 Å². The number of nitrogens with zero attached hydrogens (tertiary/aromatic N) is 1. The molecule has 0 atom stereocenters. The zero-order valence-electron chi connectivity index (χ0n) is 10.4. The van der Waals surface area contributed by atoms with Crippen LogP contribution in [0.4, 0.5) is 0 Å². The third-order valence-corrected chi connectivity index (χ3v) is 3.32. The predicted molar refractivity (Wildman–Crippen MR) is 66.7 cm³/mol. The van der Waals surface area contributed by atoms with Crippen LogP contribution >= 0.6 is 0 Å².